The lowest BCUT2D eigenvalue weighted by Gasteiger charge is -2.34. The number of benzene rings is 2. The first-order chi connectivity index (χ1) is 11.0. The minimum atomic E-state index is 0.474. The molecule has 0 bridgehead atoms. The first-order valence-electron chi connectivity index (χ1n) is 8.03. The predicted molar refractivity (Wildman–Crippen MR) is 96.2 cm³/mol. The molecule has 0 aromatic heterocycles. The molecule has 0 saturated carbocycles. The Hall–Kier alpha value is -2.24. The highest BCUT2D eigenvalue weighted by Crippen LogP contribution is 2.18. The van der Waals surface area contributed by atoms with Gasteiger partial charge < -0.3 is 9.22 Å². The first kappa shape index (κ1) is 17.1. The molecule has 0 aliphatic heterocycles. The van der Waals surface area contributed by atoms with Crippen LogP contribution in [-0.2, 0) is 13.0 Å². The lowest BCUT2D eigenvalue weighted by atomic mass is 10.0. The lowest BCUT2D eigenvalue weighted by molar-refractivity contribution is -0.906. The molecule has 0 N–H and O–H groups in total. The molecule has 2 aromatic carbocycles. The maximum absolute atomic E-state index is 5.83. The number of hydrogen-bond acceptors (Lipinski definition) is 1. The van der Waals surface area contributed by atoms with Gasteiger partial charge in [0.15, 0.2) is 0 Å². The van der Waals surface area contributed by atoms with Gasteiger partial charge in [0.2, 0.25) is 0 Å². The van der Waals surface area contributed by atoms with Crippen LogP contribution in [0, 0.1) is 12.3 Å². The summed E-state index contributed by atoms with van der Waals surface area (Å²) in [5.74, 6) is 3.67. The Morgan fingerprint density at radius 2 is 1.65 bits per heavy atom. The van der Waals surface area contributed by atoms with Crippen LogP contribution in [0.15, 0.2) is 54.6 Å². The smallest absolute Gasteiger partial charge is 0.140 e. The molecule has 1 unspecified atom stereocenters. The molecule has 0 heterocycles. The van der Waals surface area contributed by atoms with Crippen molar-refractivity contribution in [2.24, 2.45) is 0 Å². The van der Waals surface area contributed by atoms with Gasteiger partial charge in [-0.1, -0.05) is 42.5 Å². The van der Waals surface area contributed by atoms with E-state index < -0.39 is 0 Å². The van der Waals surface area contributed by atoms with E-state index in [1.165, 1.54) is 11.1 Å². The fraction of sp³-hybridized carbons (Fsp3) is 0.333. The topological polar surface area (TPSA) is 9.23 Å². The van der Waals surface area contributed by atoms with Gasteiger partial charge >= 0.3 is 0 Å². The van der Waals surface area contributed by atoms with Crippen LogP contribution in [0.25, 0.3) is 0 Å². The first-order valence-corrected chi connectivity index (χ1v) is 8.03. The van der Waals surface area contributed by atoms with Crippen molar-refractivity contribution < 1.29 is 9.22 Å². The quantitative estimate of drug-likeness (QED) is 0.557. The molecule has 0 spiro atoms. The van der Waals surface area contributed by atoms with Gasteiger partial charge in [-0.05, 0) is 36.1 Å². The van der Waals surface area contributed by atoms with Crippen LogP contribution in [0.4, 0.5) is 0 Å². The Bertz CT molecular complexity index is 638. The Kier molecular flexibility index (Phi) is 5.84. The Balaban J connectivity index is 1.91. The number of hydrogen-bond donors (Lipinski definition) is 0. The van der Waals surface area contributed by atoms with Crippen LogP contribution in [-0.4, -0.2) is 31.2 Å². The van der Waals surface area contributed by atoms with E-state index in [9.17, 15) is 0 Å². The number of ether oxygens (including phenoxy) is 1. The Morgan fingerprint density at radius 1 is 1.00 bits per heavy atom. The third-order valence-corrected chi connectivity index (χ3v) is 4.39. The molecule has 2 heteroatoms. The van der Waals surface area contributed by atoms with Crippen molar-refractivity contribution in [2.45, 2.75) is 26.0 Å². The number of likely N-dealkylation sites (N-methyl/N-ethyl adjacent to an activating group) is 1. The summed E-state index contributed by atoms with van der Waals surface area (Å²) in [6.45, 7) is 3.60. The van der Waals surface area contributed by atoms with Crippen molar-refractivity contribution in [2.75, 3.05) is 20.6 Å². The molecule has 0 saturated heterocycles. The average Bonchev–Trinajstić information content (AvgIpc) is 2.55. The third-order valence-electron chi connectivity index (χ3n) is 4.39. The normalized spacial score (nSPS) is 12.4. The predicted octanol–water partition coefficient (Wildman–Crippen LogP) is 3.91. The van der Waals surface area contributed by atoms with Gasteiger partial charge in [0, 0.05) is 6.42 Å². The van der Waals surface area contributed by atoms with Crippen LogP contribution in [0.1, 0.15) is 18.1 Å². The Labute approximate surface area is 140 Å². The highest BCUT2D eigenvalue weighted by atomic mass is 16.5. The van der Waals surface area contributed by atoms with Crippen LogP contribution in [0.3, 0.4) is 0 Å². The standard InChI is InChI=1S/C21H26NO/c1-5-15-22(3,4)18(2)16-19-11-13-21(14-12-19)23-17-20-9-7-6-8-10-20/h1,6-14,18H,15-17H2,2-4H3/q+1. The molecular weight excluding hydrogens is 282 g/mol. The summed E-state index contributed by atoms with van der Waals surface area (Å²) in [5, 5.41) is 0. The molecule has 0 amide bonds. The highest BCUT2D eigenvalue weighted by Gasteiger charge is 2.22. The van der Waals surface area contributed by atoms with Gasteiger partial charge in [0.25, 0.3) is 0 Å². The van der Waals surface area contributed by atoms with Crippen molar-refractivity contribution in [1.82, 2.24) is 0 Å². The molecule has 0 radical (unpaired) electrons. The van der Waals surface area contributed by atoms with Gasteiger partial charge in [-0.3, -0.25) is 0 Å². The molecule has 2 rings (SSSR count). The fourth-order valence-electron chi connectivity index (χ4n) is 2.44. The lowest BCUT2D eigenvalue weighted by Crippen LogP contribution is -2.48. The molecular formula is C21H26NO+. The zero-order chi connectivity index (χ0) is 16.7. The molecule has 23 heavy (non-hydrogen) atoms. The second-order valence-corrected chi connectivity index (χ2v) is 6.61. The number of terminal acetylenes is 1. The van der Waals surface area contributed by atoms with Gasteiger partial charge in [0.1, 0.15) is 18.9 Å². The van der Waals surface area contributed by atoms with E-state index in [1.54, 1.807) is 0 Å². The van der Waals surface area contributed by atoms with Gasteiger partial charge in [-0.25, -0.2) is 0 Å². The van der Waals surface area contributed by atoms with E-state index in [4.69, 9.17) is 11.2 Å². The highest BCUT2D eigenvalue weighted by molar-refractivity contribution is 5.28. The van der Waals surface area contributed by atoms with E-state index in [0.29, 0.717) is 12.6 Å². The number of rotatable bonds is 7. The molecule has 2 nitrogen and oxygen atoms in total. The number of quaternary nitrogens is 1. The molecule has 1 atom stereocenters. The summed E-state index contributed by atoms with van der Waals surface area (Å²) >= 11 is 0. The second kappa shape index (κ2) is 7.85. The van der Waals surface area contributed by atoms with E-state index in [2.05, 4.69) is 51.2 Å². The molecule has 2 aromatic rings. The van der Waals surface area contributed by atoms with Gasteiger partial charge in [0.05, 0.1) is 20.1 Å². The molecule has 0 aliphatic carbocycles. The monoisotopic (exact) mass is 308 g/mol. The summed E-state index contributed by atoms with van der Waals surface area (Å²) in [6.07, 6.45) is 6.47. The second-order valence-electron chi connectivity index (χ2n) is 6.61. The largest absolute Gasteiger partial charge is 0.489 e. The van der Waals surface area contributed by atoms with Crippen molar-refractivity contribution in [3.05, 3.63) is 65.7 Å². The molecule has 0 fully saturated rings. The third kappa shape index (κ3) is 5.16. The van der Waals surface area contributed by atoms with Gasteiger partial charge in [-0.15, -0.1) is 6.42 Å². The Morgan fingerprint density at radius 3 is 2.26 bits per heavy atom. The van der Waals surface area contributed by atoms with Crippen molar-refractivity contribution in [3.63, 3.8) is 0 Å². The van der Waals surface area contributed by atoms with E-state index in [0.717, 1.165) is 23.2 Å². The number of nitrogens with zero attached hydrogens (tertiary/aromatic N) is 1. The zero-order valence-electron chi connectivity index (χ0n) is 14.3. The molecule has 0 aliphatic rings. The SMILES string of the molecule is C#CC[N+](C)(C)C(C)Cc1ccc(OCc2ccccc2)cc1. The summed E-state index contributed by atoms with van der Waals surface area (Å²) in [5.41, 5.74) is 2.49. The van der Waals surface area contributed by atoms with Gasteiger partial charge in [-0.2, -0.15) is 0 Å². The van der Waals surface area contributed by atoms with Crippen LogP contribution in [0.5, 0.6) is 5.75 Å². The van der Waals surface area contributed by atoms with Crippen LogP contribution >= 0.6 is 0 Å². The maximum atomic E-state index is 5.83. The zero-order valence-corrected chi connectivity index (χ0v) is 14.3. The summed E-state index contributed by atoms with van der Waals surface area (Å²) < 4.78 is 6.66. The summed E-state index contributed by atoms with van der Waals surface area (Å²) in [6, 6.07) is 19.1. The fourth-order valence-corrected chi connectivity index (χ4v) is 2.44. The molecule has 120 valence electrons. The van der Waals surface area contributed by atoms with E-state index in [1.807, 2.05) is 30.3 Å². The van der Waals surface area contributed by atoms with Crippen LogP contribution < -0.4 is 4.74 Å². The van der Waals surface area contributed by atoms with Crippen molar-refractivity contribution >= 4 is 0 Å². The summed E-state index contributed by atoms with van der Waals surface area (Å²) in [4.78, 5) is 0. The van der Waals surface area contributed by atoms with Crippen molar-refractivity contribution in [1.29, 1.82) is 0 Å². The summed E-state index contributed by atoms with van der Waals surface area (Å²) in [7, 11) is 4.36. The van der Waals surface area contributed by atoms with E-state index in [-0.39, 0.29) is 0 Å². The van der Waals surface area contributed by atoms with Crippen LogP contribution in [0.2, 0.25) is 0 Å². The maximum Gasteiger partial charge on any atom is 0.140 e. The average molecular weight is 308 g/mol. The minimum Gasteiger partial charge on any atom is -0.489 e. The van der Waals surface area contributed by atoms with E-state index >= 15 is 0 Å². The minimum absolute atomic E-state index is 0.474. The van der Waals surface area contributed by atoms with Crippen molar-refractivity contribution in [3.8, 4) is 18.1 Å².